The van der Waals surface area contributed by atoms with E-state index in [1.165, 1.54) is 23.8 Å². The second-order valence-electron chi connectivity index (χ2n) is 12.2. The summed E-state index contributed by atoms with van der Waals surface area (Å²) >= 11 is 0. The topological polar surface area (TPSA) is 63.5 Å². The molecule has 2 aliphatic carbocycles. The number of anilines is 1. The van der Waals surface area contributed by atoms with E-state index in [0.29, 0.717) is 42.9 Å². The third-order valence-corrected chi connectivity index (χ3v) is 9.30. The van der Waals surface area contributed by atoms with Crippen molar-refractivity contribution in [3.05, 3.63) is 76.4 Å². The summed E-state index contributed by atoms with van der Waals surface area (Å²) in [5.41, 5.74) is 1.64. The van der Waals surface area contributed by atoms with Crippen LogP contribution in [0.1, 0.15) is 71.0 Å². The number of hydrogen-bond donors (Lipinski definition) is 0. The quantitative estimate of drug-likeness (QED) is 0.443. The molecule has 40 heavy (non-hydrogen) atoms. The number of halogens is 3. The van der Waals surface area contributed by atoms with Gasteiger partial charge in [-0.1, -0.05) is 12.1 Å². The van der Waals surface area contributed by atoms with Crippen molar-refractivity contribution in [1.82, 2.24) is 19.7 Å². The van der Waals surface area contributed by atoms with E-state index in [4.69, 9.17) is 4.74 Å². The molecule has 1 saturated heterocycles. The molecular weight excluding hydrogens is 519 g/mol. The van der Waals surface area contributed by atoms with Crippen molar-refractivity contribution in [2.24, 2.45) is 12.5 Å². The Morgan fingerprint density at radius 2 is 1.95 bits per heavy atom. The van der Waals surface area contributed by atoms with Gasteiger partial charge in [-0.2, -0.15) is 13.2 Å². The van der Waals surface area contributed by atoms with Crippen molar-refractivity contribution in [1.29, 1.82) is 0 Å². The van der Waals surface area contributed by atoms with Crippen LogP contribution < -0.4 is 4.90 Å². The van der Waals surface area contributed by atoms with Crippen LogP contribution in [0.2, 0.25) is 0 Å². The zero-order valence-corrected chi connectivity index (χ0v) is 22.7. The number of fused-ring (bicyclic) bond motifs is 1. The summed E-state index contributed by atoms with van der Waals surface area (Å²) in [6.45, 7) is 4.01. The number of alkyl halides is 3. The number of carbonyl (C=O) groups is 1. The van der Waals surface area contributed by atoms with Crippen molar-refractivity contribution >= 4 is 11.6 Å². The van der Waals surface area contributed by atoms with Crippen LogP contribution in [0.15, 0.2) is 42.7 Å². The highest BCUT2D eigenvalue weighted by atomic mass is 19.4. The zero-order chi connectivity index (χ0) is 27.9. The molecule has 2 aromatic carbocycles. The molecule has 3 fully saturated rings. The number of rotatable bonds is 5. The third-order valence-electron chi connectivity index (χ3n) is 9.30. The van der Waals surface area contributed by atoms with Crippen molar-refractivity contribution in [2.45, 2.75) is 63.4 Å². The molecule has 10 heteroatoms. The molecule has 2 aliphatic heterocycles. The fourth-order valence-electron chi connectivity index (χ4n) is 7.25. The predicted molar refractivity (Wildman–Crippen MR) is 142 cm³/mol. The molecule has 1 amide bonds. The summed E-state index contributed by atoms with van der Waals surface area (Å²) in [6.07, 6.45) is 1.50. The number of morpholine rings is 1. The van der Waals surface area contributed by atoms with Gasteiger partial charge < -0.3 is 14.2 Å². The lowest BCUT2D eigenvalue weighted by Gasteiger charge is -2.48. The Hall–Kier alpha value is -3.24. The van der Waals surface area contributed by atoms with E-state index in [-0.39, 0.29) is 29.2 Å². The normalized spacial score (nSPS) is 23.4. The van der Waals surface area contributed by atoms with E-state index in [9.17, 15) is 18.0 Å². The Balaban J connectivity index is 1.23. The number of nitrogens with zero attached hydrogens (tertiary/aromatic N) is 5. The molecule has 0 radical (unpaired) electrons. The summed E-state index contributed by atoms with van der Waals surface area (Å²) < 4.78 is 50.4. The molecule has 1 spiro atoms. The summed E-state index contributed by atoms with van der Waals surface area (Å²) in [5, 5.41) is 8.57. The van der Waals surface area contributed by atoms with Crippen LogP contribution in [0.25, 0.3) is 0 Å². The zero-order valence-electron chi connectivity index (χ0n) is 22.7. The number of ether oxygens (including phenoxy) is 1. The van der Waals surface area contributed by atoms with E-state index in [0.717, 1.165) is 24.2 Å². The summed E-state index contributed by atoms with van der Waals surface area (Å²) in [6, 6.07) is 10.6. The third kappa shape index (κ3) is 4.15. The summed E-state index contributed by atoms with van der Waals surface area (Å²) in [5.74, 6) is 0.495. The maximum absolute atomic E-state index is 14.3. The Morgan fingerprint density at radius 3 is 2.62 bits per heavy atom. The second-order valence-corrected chi connectivity index (χ2v) is 12.2. The van der Waals surface area contributed by atoms with Crippen LogP contribution in [0.5, 0.6) is 0 Å². The minimum absolute atomic E-state index is 0.0185. The standard InChI is InChI=1S/C30H32F3N5O2/c1-19-13-37(8-9-40-19)14-20-10-23-24(25(11-20)30(31,32)33)15-38(26(23)39)22-5-3-4-21(12-22)29(16-28(17-29)6-7-28)27-35-34-18-36(27)2/h3-5,10-12,18-19H,6-9,13-17H2,1-2H3. The lowest BCUT2D eigenvalue weighted by Crippen LogP contribution is -2.45. The van der Waals surface area contributed by atoms with Crippen LogP contribution >= 0.6 is 0 Å². The highest BCUT2D eigenvalue weighted by molar-refractivity contribution is 6.10. The van der Waals surface area contributed by atoms with E-state index in [2.05, 4.69) is 15.1 Å². The number of benzene rings is 2. The Bertz CT molecular complexity index is 1490. The van der Waals surface area contributed by atoms with Crippen LogP contribution in [-0.2, 0) is 36.5 Å². The van der Waals surface area contributed by atoms with Gasteiger partial charge in [-0.25, -0.2) is 0 Å². The van der Waals surface area contributed by atoms with Crippen LogP contribution in [-0.4, -0.2) is 51.4 Å². The fraction of sp³-hybridized carbons (Fsp3) is 0.500. The minimum atomic E-state index is -4.56. The summed E-state index contributed by atoms with van der Waals surface area (Å²) in [7, 11) is 1.94. The number of carbonyl (C=O) groups excluding carboxylic acids is 1. The lowest BCUT2D eigenvalue weighted by atomic mass is 9.56. The van der Waals surface area contributed by atoms with Gasteiger partial charge in [-0.15, -0.1) is 10.2 Å². The van der Waals surface area contributed by atoms with Crippen LogP contribution in [0.4, 0.5) is 18.9 Å². The molecule has 3 aromatic rings. The molecule has 2 saturated carbocycles. The van der Waals surface area contributed by atoms with E-state index in [1.54, 1.807) is 12.4 Å². The average Bonchev–Trinajstić information content (AvgIpc) is 3.46. The van der Waals surface area contributed by atoms with Gasteiger partial charge >= 0.3 is 6.18 Å². The van der Waals surface area contributed by atoms with E-state index in [1.807, 2.05) is 42.8 Å². The maximum Gasteiger partial charge on any atom is 0.416 e. The monoisotopic (exact) mass is 551 g/mol. The van der Waals surface area contributed by atoms with Gasteiger partial charge in [-0.3, -0.25) is 9.69 Å². The number of hydrogen-bond acceptors (Lipinski definition) is 5. The SMILES string of the molecule is CC1CN(Cc2cc3c(c(C(F)(F)F)c2)CN(c2cccc(C4(c5nncn5C)CC5(CC5)C4)c2)C3=O)CCO1. The van der Waals surface area contributed by atoms with Gasteiger partial charge in [-0.05, 0) is 79.0 Å². The van der Waals surface area contributed by atoms with Crippen molar-refractivity contribution in [3.8, 4) is 0 Å². The first-order valence-corrected chi connectivity index (χ1v) is 13.9. The fourth-order valence-corrected chi connectivity index (χ4v) is 7.25. The van der Waals surface area contributed by atoms with Gasteiger partial charge in [0.15, 0.2) is 0 Å². The van der Waals surface area contributed by atoms with Crippen LogP contribution in [0, 0.1) is 5.41 Å². The second kappa shape index (κ2) is 8.88. The first-order valence-electron chi connectivity index (χ1n) is 13.9. The molecule has 7 rings (SSSR count). The Morgan fingerprint density at radius 1 is 1.15 bits per heavy atom. The average molecular weight is 552 g/mol. The Kier molecular flexibility index (Phi) is 5.71. The van der Waals surface area contributed by atoms with Crippen molar-refractivity contribution in [2.75, 3.05) is 24.6 Å². The first-order chi connectivity index (χ1) is 19.1. The van der Waals surface area contributed by atoms with Gasteiger partial charge in [0, 0.05) is 37.9 Å². The minimum Gasteiger partial charge on any atom is -0.376 e. The maximum atomic E-state index is 14.3. The van der Waals surface area contributed by atoms with Crippen LogP contribution in [0.3, 0.4) is 0 Å². The number of aryl methyl sites for hydroxylation is 1. The molecule has 0 bridgehead atoms. The molecule has 3 heterocycles. The van der Waals surface area contributed by atoms with E-state index < -0.39 is 17.6 Å². The highest BCUT2D eigenvalue weighted by Gasteiger charge is 2.63. The molecule has 1 atom stereocenters. The van der Waals surface area contributed by atoms with Crippen molar-refractivity contribution < 1.29 is 22.7 Å². The first kappa shape index (κ1) is 25.7. The molecule has 7 nitrogen and oxygen atoms in total. The highest BCUT2D eigenvalue weighted by Crippen LogP contribution is 2.70. The largest absolute Gasteiger partial charge is 0.416 e. The Labute approximate surface area is 230 Å². The van der Waals surface area contributed by atoms with Crippen molar-refractivity contribution in [3.63, 3.8) is 0 Å². The lowest BCUT2D eigenvalue weighted by molar-refractivity contribution is -0.138. The van der Waals surface area contributed by atoms with Gasteiger partial charge in [0.2, 0.25) is 0 Å². The number of amides is 1. The number of aromatic nitrogens is 3. The smallest absolute Gasteiger partial charge is 0.376 e. The predicted octanol–water partition coefficient (Wildman–Crippen LogP) is 5.08. The molecule has 1 unspecified atom stereocenters. The van der Waals surface area contributed by atoms with Gasteiger partial charge in [0.05, 0.1) is 30.2 Å². The molecular formula is C30H32F3N5O2. The molecule has 210 valence electrons. The summed E-state index contributed by atoms with van der Waals surface area (Å²) in [4.78, 5) is 17.3. The molecule has 1 aromatic heterocycles. The molecule has 4 aliphatic rings. The van der Waals surface area contributed by atoms with Gasteiger partial charge in [0.25, 0.3) is 5.91 Å². The van der Waals surface area contributed by atoms with Gasteiger partial charge in [0.1, 0.15) is 12.2 Å². The molecule has 0 N–H and O–H groups in total. The van der Waals surface area contributed by atoms with E-state index >= 15 is 0 Å².